The zero-order valence-electron chi connectivity index (χ0n) is 13.9. The molecule has 5 nitrogen and oxygen atoms in total. The van der Waals surface area contributed by atoms with Gasteiger partial charge in [-0.3, -0.25) is 9.59 Å². The van der Waals surface area contributed by atoms with Gasteiger partial charge in [-0.25, -0.2) is 4.68 Å². The number of carbonyl (C=O) groups excluding carboxylic acids is 1. The van der Waals surface area contributed by atoms with Crippen LogP contribution >= 0.6 is 0 Å². The second-order valence-electron chi connectivity index (χ2n) is 7.04. The highest BCUT2D eigenvalue weighted by Crippen LogP contribution is 2.35. The van der Waals surface area contributed by atoms with Crippen LogP contribution < -0.4 is 5.56 Å². The molecule has 126 valence electrons. The minimum Gasteiger partial charge on any atom is -0.338 e. The van der Waals surface area contributed by atoms with Gasteiger partial charge in [0.2, 0.25) is 5.91 Å². The standard InChI is InChI=1S/C19H23N3O2/c23-18(21-11-5-10-17(21)14-6-1-2-7-14)13-22-19(24)16-9-4-3-8-15(16)12-20-22/h3-4,8-9,12,14,17H,1-2,5-7,10-11,13H2/t17-/m0/s1. The van der Waals surface area contributed by atoms with Gasteiger partial charge >= 0.3 is 0 Å². The fourth-order valence-corrected chi connectivity index (χ4v) is 4.39. The fourth-order valence-electron chi connectivity index (χ4n) is 4.39. The third-order valence-corrected chi connectivity index (χ3v) is 5.61. The van der Waals surface area contributed by atoms with E-state index in [0.717, 1.165) is 24.8 Å². The normalized spacial score (nSPS) is 21.7. The van der Waals surface area contributed by atoms with Crippen molar-refractivity contribution < 1.29 is 4.79 Å². The molecule has 0 spiro atoms. The van der Waals surface area contributed by atoms with Crippen LogP contribution in [0.3, 0.4) is 0 Å². The first-order valence-corrected chi connectivity index (χ1v) is 8.98. The molecule has 1 aromatic carbocycles. The van der Waals surface area contributed by atoms with Gasteiger partial charge in [0.25, 0.3) is 5.56 Å². The Morgan fingerprint density at radius 3 is 2.75 bits per heavy atom. The van der Waals surface area contributed by atoms with E-state index in [4.69, 9.17) is 0 Å². The second kappa shape index (κ2) is 6.38. The van der Waals surface area contributed by atoms with Gasteiger partial charge in [0.05, 0.1) is 11.6 Å². The summed E-state index contributed by atoms with van der Waals surface area (Å²) >= 11 is 0. The van der Waals surface area contributed by atoms with E-state index in [-0.39, 0.29) is 18.0 Å². The van der Waals surface area contributed by atoms with Crippen LogP contribution in [0.5, 0.6) is 0 Å². The summed E-state index contributed by atoms with van der Waals surface area (Å²) < 4.78 is 1.31. The van der Waals surface area contributed by atoms with E-state index >= 15 is 0 Å². The van der Waals surface area contributed by atoms with Gasteiger partial charge in [-0.1, -0.05) is 31.0 Å². The van der Waals surface area contributed by atoms with E-state index in [1.165, 1.54) is 30.4 Å². The Hall–Kier alpha value is -2.17. The predicted molar refractivity (Wildman–Crippen MR) is 92.7 cm³/mol. The summed E-state index contributed by atoms with van der Waals surface area (Å²) in [4.78, 5) is 27.4. The van der Waals surface area contributed by atoms with Crippen LogP contribution in [0.1, 0.15) is 38.5 Å². The minimum absolute atomic E-state index is 0.0364. The molecular formula is C19H23N3O2. The molecule has 1 aliphatic carbocycles. The molecule has 2 heterocycles. The molecule has 2 aliphatic rings. The Labute approximate surface area is 141 Å². The molecule has 4 rings (SSSR count). The SMILES string of the molecule is O=C(Cn1ncc2ccccc2c1=O)N1CCC[C@H]1C1CCCC1. The van der Waals surface area contributed by atoms with Crippen LogP contribution in [0, 0.1) is 5.92 Å². The average molecular weight is 325 g/mol. The summed E-state index contributed by atoms with van der Waals surface area (Å²) in [6, 6.07) is 7.75. The molecule has 1 saturated heterocycles. The maximum absolute atomic E-state index is 12.8. The van der Waals surface area contributed by atoms with Crippen LogP contribution in [0.15, 0.2) is 35.3 Å². The smallest absolute Gasteiger partial charge is 0.275 e. The second-order valence-corrected chi connectivity index (χ2v) is 7.04. The highest BCUT2D eigenvalue weighted by Gasteiger charge is 2.35. The molecule has 0 N–H and O–H groups in total. The summed E-state index contributed by atoms with van der Waals surface area (Å²) in [6.45, 7) is 0.870. The number of hydrogen-bond acceptors (Lipinski definition) is 3. The van der Waals surface area contributed by atoms with Crippen molar-refractivity contribution in [2.24, 2.45) is 5.92 Å². The monoisotopic (exact) mass is 325 g/mol. The van der Waals surface area contributed by atoms with Crippen molar-refractivity contribution in [1.29, 1.82) is 0 Å². The molecule has 24 heavy (non-hydrogen) atoms. The van der Waals surface area contributed by atoms with Gasteiger partial charge < -0.3 is 4.90 Å². The van der Waals surface area contributed by atoms with E-state index in [1.807, 2.05) is 23.1 Å². The number of likely N-dealkylation sites (tertiary alicyclic amines) is 1. The number of amides is 1. The molecule has 1 aliphatic heterocycles. The third kappa shape index (κ3) is 2.72. The molecule has 2 aromatic rings. The lowest BCUT2D eigenvalue weighted by molar-refractivity contribution is -0.133. The van der Waals surface area contributed by atoms with Gasteiger partial charge in [-0.15, -0.1) is 0 Å². The Morgan fingerprint density at radius 2 is 1.92 bits per heavy atom. The maximum atomic E-state index is 12.8. The lowest BCUT2D eigenvalue weighted by Gasteiger charge is -2.29. The van der Waals surface area contributed by atoms with Gasteiger partial charge in [-0.05, 0) is 37.7 Å². The Bertz CT molecular complexity index is 808. The van der Waals surface area contributed by atoms with Crippen LogP contribution in [-0.2, 0) is 11.3 Å². The van der Waals surface area contributed by atoms with Crippen molar-refractivity contribution in [1.82, 2.24) is 14.7 Å². The molecule has 0 bridgehead atoms. The third-order valence-electron chi connectivity index (χ3n) is 5.61. The number of aromatic nitrogens is 2. The fraction of sp³-hybridized carbons (Fsp3) is 0.526. The maximum Gasteiger partial charge on any atom is 0.275 e. The summed E-state index contributed by atoms with van der Waals surface area (Å²) in [6.07, 6.45) is 8.90. The van der Waals surface area contributed by atoms with Crippen molar-refractivity contribution in [3.8, 4) is 0 Å². The summed E-state index contributed by atoms with van der Waals surface area (Å²) in [7, 11) is 0. The zero-order valence-corrected chi connectivity index (χ0v) is 13.9. The molecule has 0 radical (unpaired) electrons. The quantitative estimate of drug-likeness (QED) is 0.871. The van der Waals surface area contributed by atoms with E-state index < -0.39 is 0 Å². The summed E-state index contributed by atoms with van der Waals surface area (Å²) in [5, 5.41) is 5.63. The van der Waals surface area contributed by atoms with E-state index in [2.05, 4.69) is 5.10 Å². The highest BCUT2D eigenvalue weighted by atomic mass is 16.2. The lowest BCUT2D eigenvalue weighted by atomic mass is 9.96. The van der Waals surface area contributed by atoms with Crippen LogP contribution in [0.2, 0.25) is 0 Å². The van der Waals surface area contributed by atoms with Gasteiger partial charge in [-0.2, -0.15) is 5.10 Å². The highest BCUT2D eigenvalue weighted by molar-refractivity contribution is 5.81. The Kier molecular flexibility index (Phi) is 4.08. The first kappa shape index (κ1) is 15.4. The van der Waals surface area contributed by atoms with Crippen LogP contribution in [0.25, 0.3) is 10.8 Å². The van der Waals surface area contributed by atoms with Gasteiger partial charge in [0, 0.05) is 18.0 Å². The number of hydrogen-bond donors (Lipinski definition) is 0. The van der Waals surface area contributed by atoms with Gasteiger partial charge in [0.15, 0.2) is 0 Å². The number of rotatable bonds is 3. The first-order chi connectivity index (χ1) is 11.7. The van der Waals surface area contributed by atoms with Crippen molar-refractivity contribution in [3.05, 3.63) is 40.8 Å². The topological polar surface area (TPSA) is 55.2 Å². The Balaban J connectivity index is 1.55. The molecule has 0 unspecified atom stereocenters. The van der Waals surface area contributed by atoms with E-state index in [1.54, 1.807) is 12.3 Å². The van der Waals surface area contributed by atoms with Crippen molar-refractivity contribution >= 4 is 16.7 Å². The van der Waals surface area contributed by atoms with Gasteiger partial charge in [0.1, 0.15) is 6.54 Å². The zero-order chi connectivity index (χ0) is 16.5. The molecule has 1 amide bonds. The molecule has 1 aromatic heterocycles. The van der Waals surface area contributed by atoms with Crippen LogP contribution in [-0.4, -0.2) is 33.2 Å². The number of benzene rings is 1. The van der Waals surface area contributed by atoms with Crippen LogP contribution in [0.4, 0.5) is 0 Å². The first-order valence-electron chi connectivity index (χ1n) is 8.98. The van der Waals surface area contributed by atoms with Crippen molar-refractivity contribution in [3.63, 3.8) is 0 Å². The minimum atomic E-state index is -0.182. The van der Waals surface area contributed by atoms with E-state index in [9.17, 15) is 9.59 Å². The molecule has 1 saturated carbocycles. The number of carbonyl (C=O) groups is 1. The summed E-state index contributed by atoms with van der Waals surface area (Å²) in [5.41, 5.74) is -0.182. The average Bonchev–Trinajstić information content (AvgIpc) is 3.28. The predicted octanol–water partition coefficient (Wildman–Crippen LogP) is 2.58. The molecule has 2 fully saturated rings. The van der Waals surface area contributed by atoms with E-state index in [0.29, 0.717) is 17.3 Å². The number of nitrogens with zero attached hydrogens (tertiary/aromatic N) is 3. The molecule has 1 atom stereocenters. The molecular weight excluding hydrogens is 302 g/mol. The van der Waals surface area contributed by atoms with Crippen molar-refractivity contribution in [2.75, 3.05) is 6.54 Å². The summed E-state index contributed by atoms with van der Waals surface area (Å²) in [5.74, 6) is 0.687. The largest absolute Gasteiger partial charge is 0.338 e. The lowest BCUT2D eigenvalue weighted by Crippen LogP contribution is -2.42. The Morgan fingerprint density at radius 1 is 1.12 bits per heavy atom. The number of fused-ring (bicyclic) bond motifs is 1. The molecule has 5 heteroatoms. The van der Waals surface area contributed by atoms with Crippen molar-refractivity contribution in [2.45, 2.75) is 51.1 Å².